The fourth-order valence-corrected chi connectivity index (χ4v) is 6.15. The molecule has 4 rings (SSSR count). The van der Waals surface area contributed by atoms with E-state index in [9.17, 15) is 26.4 Å². The van der Waals surface area contributed by atoms with Crippen molar-refractivity contribution in [3.05, 3.63) is 58.6 Å². The third-order valence-corrected chi connectivity index (χ3v) is 8.34. The van der Waals surface area contributed by atoms with Crippen molar-refractivity contribution < 1.29 is 26.4 Å². The Hall–Kier alpha value is -2.35. The summed E-state index contributed by atoms with van der Waals surface area (Å²) in [5, 5.41) is 11.3. The fourth-order valence-electron chi connectivity index (χ4n) is 3.43. The summed E-state index contributed by atoms with van der Waals surface area (Å²) in [6.45, 7) is 0.0247. The average Bonchev–Trinajstić information content (AvgIpc) is 3.44. The number of nitrogens with zero attached hydrogens (tertiary/aromatic N) is 3. The van der Waals surface area contributed by atoms with Crippen LogP contribution in [0.15, 0.2) is 57.9 Å². The van der Waals surface area contributed by atoms with Crippen molar-refractivity contribution in [3.8, 4) is 10.6 Å². The van der Waals surface area contributed by atoms with E-state index in [4.69, 9.17) is 0 Å². The van der Waals surface area contributed by atoms with Crippen molar-refractivity contribution in [2.45, 2.75) is 30.0 Å². The highest BCUT2D eigenvalue weighted by Crippen LogP contribution is 2.33. The van der Waals surface area contributed by atoms with Crippen LogP contribution >= 0.6 is 27.3 Å². The molecule has 2 aromatic carbocycles. The molecule has 1 fully saturated rings. The zero-order valence-corrected chi connectivity index (χ0v) is 19.9. The molecule has 33 heavy (non-hydrogen) atoms. The van der Waals surface area contributed by atoms with Crippen molar-refractivity contribution in [2.75, 3.05) is 11.9 Å². The second kappa shape index (κ2) is 9.12. The molecule has 1 N–H and O–H groups in total. The largest absolute Gasteiger partial charge is 0.416 e. The van der Waals surface area contributed by atoms with Gasteiger partial charge in [-0.15, -0.1) is 10.2 Å². The highest BCUT2D eigenvalue weighted by Gasteiger charge is 2.40. The number of carbonyl (C=O) groups is 1. The molecule has 13 heteroatoms. The lowest BCUT2D eigenvalue weighted by Crippen LogP contribution is -2.43. The quantitative estimate of drug-likeness (QED) is 0.485. The molecule has 1 amide bonds. The third-order valence-electron chi connectivity index (χ3n) is 5.02. The van der Waals surface area contributed by atoms with E-state index in [2.05, 4.69) is 31.4 Å². The Balaban J connectivity index is 1.52. The van der Waals surface area contributed by atoms with Gasteiger partial charge in [-0.1, -0.05) is 45.5 Å². The zero-order valence-electron chi connectivity index (χ0n) is 16.7. The number of aromatic nitrogens is 2. The number of amides is 1. The summed E-state index contributed by atoms with van der Waals surface area (Å²) in [4.78, 5) is 12.3. The van der Waals surface area contributed by atoms with E-state index in [0.717, 1.165) is 43.9 Å². The first-order chi connectivity index (χ1) is 15.6. The number of halogens is 4. The smallest absolute Gasteiger partial charge is 0.299 e. The van der Waals surface area contributed by atoms with Crippen molar-refractivity contribution in [2.24, 2.45) is 0 Å². The van der Waals surface area contributed by atoms with Crippen molar-refractivity contribution in [1.29, 1.82) is 0 Å². The minimum absolute atomic E-state index is 0.0247. The predicted molar refractivity (Wildman–Crippen MR) is 120 cm³/mol. The van der Waals surface area contributed by atoms with Crippen LogP contribution in [0.2, 0.25) is 0 Å². The van der Waals surface area contributed by atoms with Crippen LogP contribution in [0.5, 0.6) is 0 Å². The molecule has 0 aliphatic carbocycles. The Morgan fingerprint density at radius 3 is 2.58 bits per heavy atom. The molecule has 0 spiro atoms. The number of nitrogens with one attached hydrogen (secondary N) is 1. The van der Waals surface area contributed by atoms with Gasteiger partial charge in [0, 0.05) is 16.6 Å². The second-order valence-electron chi connectivity index (χ2n) is 7.21. The zero-order chi connectivity index (χ0) is 23.8. The van der Waals surface area contributed by atoms with Gasteiger partial charge in [0.25, 0.3) is 0 Å². The number of carbonyl (C=O) groups excluding carboxylic acids is 1. The van der Waals surface area contributed by atoms with E-state index < -0.39 is 38.6 Å². The first-order valence-corrected chi connectivity index (χ1v) is 12.7. The Kier molecular flexibility index (Phi) is 6.58. The highest BCUT2D eigenvalue weighted by atomic mass is 79.9. The van der Waals surface area contributed by atoms with Gasteiger partial charge in [0.15, 0.2) is 0 Å². The SMILES string of the molecule is O=C(Nc1nnc(-c2ccc(Br)cc2)s1)C1CCCN1S(=O)(=O)c1cccc(C(F)(F)F)c1. The third kappa shape index (κ3) is 5.10. The molecular formula is C20H16BrF3N4O3S2. The van der Waals surface area contributed by atoms with Crippen LogP contribution in [0, 0.1) is 0 Å². The first kappa shape index (κ1) is 23.8. The van der Waals surface area contributed by atoms with E-state index in [-0.39, 0.29) is 18.1 Å². The second-order valence-corrected chi connectivity index (χ2v) is 11.0. The number of sulfonamides is 1. The van der Waals surface area contributed by atoms with Crippen LogP contribution in [-0.2, 0) is 21.0 Å². The van der Waals surface area contributed by atoms with Gasteiger partial charge in [0.1, 0.15) is 11.0 Å². The van der Waals surface area contributed by atoms with Gasteiger partial charge in [0.2, 0.25) is 21.1 Å². The van der Waals surface area contributed by atoms with Crippen molar-refractivity contribution in [3.63, 3.8) is 0 Å². The Morgan fingerprint density at radius 2 is 1.88 bits per heavy atom. The van der Waals surface area contributed by atoms with Crippen LogP contribution in [-0.4, -0.2) is 41.4 Å². The molecule has 3 aromatic rings. The summed E-state index contributed by atoms with van der Waals surface area (Å²) in [5.74, 6) is -0.610. The fraction of sp³-hybridized carbons (Fsp3) is 0.250. The summed E-state index contributed by atoms with van der Waals surface area (Å²) < 4.78 is 67.0. The lowest BCUT2D eigenvalue weighted by molar-refractivity contribution is -0.137. The highest BCUT2D eigenvalue weighted by molar-refractivity contribution is 9.10. The lowest BCUT2D eigenvalue weighted by atomic mass is 10.2. The Labute approximate surface area is 199 Å². The normalized spacial score (nSPS) is 17.3. The van der Waals surface area contributed by atoms with Gasteiger partial charge in [-0.25, -0.2) is 8.42 Å². The molecule has 7 nitrogen and oxygen atoms in total. The maximum atomic E-state index is 13.0. The van der Waals surface area contributed by atoms with E-state index in [0.29, 0.717) is 17.5 Å². The number of hydrogen-bond donors (Lipinski definition) is 1. The van der Waals surface area contributed by atoms with Gasteiger partial charge in [-0.2, -0.15) is 17.5 Å². The topological polar surface area (TPSA) is 92.3 Å². The number of hydrogen-bond acceptors (Lipinski definition) is 6. The van der Waals surface area contributed by atoms with Crippen LogP contribution in [0.1, 0.15) is 18.4 Å². The molecule has 0 saturated carbocycles. The molecule has 1 saturated heterocycles. The lowest BCUT2D eigenvalue weighted by Gasteiger charge is -2.23. The van der Waals surface area contributed by atoms with Gasteiger partial charge in [-0.3, -0.25) is 10.1 Å². The Morgan fingerprint density at radius 1 is 1.15 bits per heavy atom. The predicted octanol–water partition coefficient (Wildman–Crippen LogP) is 4.78. The number of anilines is 1. The first-order valence-electron chi connectivity index (χ1n) is 9.65. The minimum atomic E-state index is -4.68. The van der Waals surface area contributed by atoms with Gasteiger partial charge in [-0.05, 0) is 43.2 Å². The maximum absolute atomic E-state index is 13.0. The Bertz CT molecular complexity index is 1280. The monoisotopic (exact) mass is 560 g/mol. The van der Waals surface area contributed by atoms with E-state index in [1.807, 2.05) is 24.3 Å². The van der Waals surface area contributed by atoms with Crippen LogP contribution in [0.25, 0.3) is 10.6 Å². The van der Waals surface area contributed by atoms with Crippen LogP contribution < -0.4 is 5.32 Å². The van der Waals surface area contributed by atoms with Crippen LogP contribution in [0.4, 0.5) is 18.3 Å². The average molecular weight is 561 g/mol. The molecule has 174 valence electrons. The molecule has 1 unspecified atom stereocenters. The summed E-state index contributed by atoms with van der Waals surface area (Å²) in [5.41, 5.74) is -0.274. The number of alkyl halides is 3. The molecule has 2 heterocycles. The molecule has 0 bridgehead atoms. The summed E-state index contributed by atoms with van der Waals surface area (Å²) in [6.07, 6.45) is -4.05. The summed E-state index contributed by atoms with van der Waals surface area (Å²) >= 11 is 4.47. The molecule has 1 atom stereocenters. The van der Waals surface area contributed by atoms with E-state index in [1.54, 1.807) is 0 Å². The number of rotatable bonds is 5. The van der Waals surface area contributed by atoms with Gasteiger partial charge < -0.3 is 0 Å². The maximum Gasteiger partial charge on any atom is 0.416 e. The summed E-state index contributed by atoms with van der Waals surface area (Å²) in [6, 6.07) is 9.77. The van der Waals surface area contributed by atoms with Gasteiger partial charge >= 0.3 is 6.18 Å². The standard InChI is InChI=1S/C20H16BrF3N4O3S2/c21-14-8-6-12(7-9-14)18-26-27-19(32-18)25-17(29)16-5-2-10-28(16)33(30,31)15-4-1-3-13(11-15)20(22,23)24/h1,3-4,6-9,11,16H,2,5,10H2,(H,25,27,29). The molecule has 0 radical (unpaired) electrons. The van der Waals surface area contributed by atoms with E-state index in [1.165, 1.54) is 0 Å². The minimum Gasteiger partial charge on any atom is -0.299 e. The summed E-state index contributed by atoms with van der Waals surface area (Å²) in [7, 11) is -4.31. The van der Waals surface area contributed by atoms with Crippen molar-refractivity contribution in [1.82, 2.24) is 14.5 Å². The number of benzene rings is 2. The molecular weight excluding hydrogens is 545 g/mol. The van der Waals surface area contributed by atoms with Crippen molar-refractivity contribution >= 4 is 48.3 Å². The molecule has 1 aliphatic heterocycles. The molecule has 1 aromatic heterocycles. The van der Waals surface area contributed by atoms with E-state index >= 15 is 0 Å². The van der Waals surface area contributed by atoms with Gasteiger partial charge in [0.05, 0.1) is 10.5 Å². The van der Waals surface area contributed by atoms with Crippen LogP contribution in [0.3, 0.4) is 0 Å². The molecule has 1 aliphatic rings.